The van der Waals surface area contributed by atoms with Gasteiger partial charge in [-0.3, -0.25) is 38.5 Å². The number of imide groups is 1. The van der Waals surface area contributed by atoms with Crippen LogP contribution in [0.4, 0.5) is 17.1 Å². The molecule has 0 aliphatic carbocycles. The predicted molar refractivity (Wildman–Crippen MR) is 195 cm³/mol. The van der Waals surface area contributed by atoms with Gasteiger partial charge in [-0.15, -0.1) is 0 Å². The standard InChI is InChI=1S/C37H53N7O7/c1-7-8-12-30(45)40-27-19-29(43(6)22-27)35(49)41-26-16-14-25(15-17-26)39-32(47)21-38-36(50)34(24(4)5)42-31(46)13-10-9-11-18-44-33(48)20-28(23(2)3)37(44)51/h14-17,19,22-24,28,34H,7-13,18,20-21H2,1-6H3,(H,38,50)(H,39,47)(H,40,45)(H,41,49)(H,42,46). The molecule has 2 aromatic rings. The van der Waals surface area contributed by atoms with Crippen molar-refractivity contribution in [2.75, 3.05) is 29.0 Å². The summed E-state index contributed by atoms with van der Waals surface area (Å²) >= 11 is 0. The Morgan fingerprint density at radius 1 is 0.804 bits per heavy atom. The Kier molecular flexibility index (Phi) is 15.4. The van der Waals surface area contributed by atoms with E-state index in [1.807, 2.05) is 20.8 Å². The van der Waals surface area contributed by atoms with Crippen LogP contribution in [0.1, 0.15) is 96.5 Å². The van der Waals surface area contributed by atoms with Gasteiger partial charge in [0, 0.05) is 56.3 Å². The molecule has 2 heterocycles. The maximum absolute atomic E-state index is 12.9. The van der Waals surface area contributed by atoms with Crippen LogP contribution in [-0.2, 0) is 35.8 Å². The molecule has 2 unspecified atom stereocenters. The molecule has 0 radical (unpaired) electrons. The molecule has 14 heteroatoms. The molecule has 0 saturated carbocycles. The highest BCUT2D eigenvalue weighted by molar-refractivity contribution is 6.05. The molecule has 0 bridgehead atoms. The minimum atomic E-state index is -0.835. The molecule has 2 atom stereocenters. The Morgan fingerprint density at radius 2 is 1.43 bits per heavy atom. The van der Waals surface area contributed by atoms with Crippen molar-refractivity contribution in [1.29, 1.82) is 0 Å². The van der Waals surface area contributed by atoms with Gasteiger partial charge in [0.05, 0.1) is 12.2 Å². The highest BCUT2D eigenvalue weighted by Crippen LogP contribution is 2.26. The number of carbonyl (C=O) groups excluding carboxylic acids is 7. The van der Waals surface area contributed by atoms with Crippen molar-refractivity contribution in [3.05, 3.63) is 42.2 Å². The number of hydrogen-bond acceptors (Lipinski definition) is 7. The molecular formula is C37H53N7O7. The Bertz CT molecular complexity index is 1570. The molecule has 0 spiro atoms. The minimum Gasteiger partial charge on any atom is -0.345 e. The highest BCUT2D eigenvalue weighted by Gasteiger charge is 2.39. The topological polar surface area (TPSA) is 188 Å². The lowest BCUT2D eigenvalue weighted by Crippen LogP contribution is -2.51. The van der Waals surface area contributed by atoms with Crippen molar-refractivity contribution in [2.24, 2.45) is 24.8 Å². The van der Waals surface area contributed by atoms with Gasteiger partial charge < -0.3 is 31.2 Å². The predicted octanol–water partition coefficient (Wildman–Crippen LogP) is 4.19. The Morgan fingerprint density at radius 3 is 2.04 bits per heavy atom. The van der Waals surface area contributed by atoms with E-state index in [0.29, 0.717) is 55.0 Å². The summed E-state index contributed by atoms with van der Waals surface area (Å²) in [5.74, 6) is -2.35. The monoisotopic (exact) mass is 707 g/mol. The van der Waals surface area contributed by atoms with E-state index in [0.717, 1.165) is 12.8 Å². The Hall–Kier alpha value is -5.01. The maximum atomic E-state index is 12.9. The Labute approximate surface area is 299 Å². The van der Waals surface area contributed by atoms with Gasteiger partial charge in [-0.05, 0) is 61.4 Å². The number of aryl methyl sites for hydroxylation is 1. The summed E-state index contributed by atoms with van der Waals surface area (Å²) in [6.45, 7) is 9.50. The van der Waals surface area contributed by atoms with E-state index in [1.165, 1.54) is 4.90 Å². The normalized spacial score (nSPS) is 14.8. The average Bonchev–Trinajstić information content (AvgIpc) is 3.59. The molecule has 51 heavy (non-hydrogen) atoms. The van der Waals surface area contributed by atoms with Crippen LogP contribution in [0, 0.1) is 17.8 Å². The van der Waals surface area contributed by atoms with E-state index in [9.17, 15) is 33.6 Å². The number of amides is 7. The van der Waals surface area contributed by atoms with Gasteiger partial charge in [0.1, 0.15) is 11.7 Å². The number of aromatic nitrogens is 1. The van der Waals surface area contributed by atoms with E-state index < -0.39 is 17.9 Å². The van der Waals surface area contributed by atoms with Crippen LogP contribution in [0.2, 0.25) is 0 Å². The van der Waals surface area contributed by atoms with Gasteiger partial charge in [-0.25, -0.2) is 0 Å². The zero-order valence-corrected chi connectivity index (χ0v) is 30.6. The summed E-state index contributed by atoms with van der Waals surface area (Å²) < 4.78 is 1.62. The van der Waals surface area contributed by atoms with E-state index in [1.54, 1.807) is 62.0 Å². The average molecular weight is 708 g/mol. The first-order valence-electron chi connectivity index (χ1n) is 17.8. The first kappa shape index (κ1) is 40.4. The zero-order chi connectivity index (χ0) is 37.7. The lowest BCUT2D eigenvalue weighted by atomic mass is 9.94. The van der Waals surface area contributed by atoms with Crippen LogP contribution in [0.5, 0.6) is 0 Å². The summed E-state index contributed by atoms with van der Waals surface area (Å²) in [5.41, 5.74) is 1.84. The molecule has 1 aromatic heterocycles. The molecule has 14 nitrogen and oxygen atoms in total. The lowest BCUT2D eigenvalue weighted by molar-refractivity contribution is -0.140. The van der Waals surface area contributed by atoms with Crippen LogP contribution in [0.25, 0.3) is 0 Å². The third-order valence-corrected chi connectivity index (χ3v) is 8.76. The molecule has 278 valence electrons. The zero-order valence-electron chi connectivity index (χ0n) is 30.6. The van der Waals surface area contributed by atoms with Crippen molar-refractivity contribution in [3.63, 3.8) is 0 Å². The second-order valence-electron chi connectivity index (χ2n) is 13.7. The van der Waals surface area contributed by atoms with Crippen molar-refractivity contribution in [2.45, 2.75) is 92.0 Å². The summed E-state index contributed by atoms with van der Waals surface area (Å²) in [5, 5.41) is 13.6. The van der Waals surface area contributed by atoms with Crippen molar-refractivity contribution in [3.8, 4) is 0 Å². The number of nitrogens with one attached hydrogen (secondary N) is 5. The van der Waals surface area contributed by atoms with Gasteiger partial charge in [0.15, 0.2) is 0 Å². The molecule has 1 aliphatic rings. The fourth-order valence-corrected chi connectivity index (χ4v) is 5.71. The Balaban J connectivity index is 1.38. The molecule has 1 fully saturated rings. The highest BCUT2D eigenvalue weighted by atomic mass is 16.2. The number of unbranched alkanes of at least 4 members (excludes halogenated alkanes) is 3. The fourth-order valence-electron chi connectivity index (χ4n) is 5.71. The van der Waals surface area contributed by atoms with Crippen molar-refractivity contribution >= 4 is 58.4 Å². The van der Waals surface area contributed by atoms with E-state index >= 15 is 0 Å². The van der Waals surface area contributed by atoms with Crippen molar-refractivity contribution < 1.29 is 33.6 Å². The number of carbonyl (C=O) groups is 7. The van der Waals surface area contributed by atoms with E-state index in [-0.39, 0.29) is 66.7 Å². The molecule has 1 saturated heterocycles. The van der Waals surface area contributed by atoms with Gasteiger partial charge in [0.25, 0.3) is 5.91 Å². The number of benzene rings is 1. The number of rotatable bonds is 19. The molecular weight excluding hydrogens is 654 g/mol. The largest absolute Gasteiger partial charge is 0.345 e. The SMILES string of the molecule is CCCCC(=O)Nc1cc(C(=O)Nc2ccc(NC(=O)CNC(=O)C(NC(=O)CCCCCN3C(=O)CC(C(C)C)C3=O)C(C)C)cc2)n(C)c1. The number of hydrogen-bond donors (Lipinski definition) is 5. The lowest BCUT2D eigenvalue weighted by Gasteiger charge is -2.21. The van der Waals surface area contributed by atoms with Crippen LogP contribution >= 0.6 is 0 Å². The van der Waals surface area contributed by atoms with Crippen LogP contribution in [0.3, 0.4) is 0 Å². The molecule has 3 rings (SSSR count). The minimum absolute atomic E-state index is 0.106. The number of nitrogens with zero attached hydrogens (tertiary/aromatic N) is 2. The van der Waals surface area contributed by atoms with Crippen LogP contribution < -0.4 is 26.6 Å². The summed E-state index contributed by atoms with van der Waals surface area (Å²) in [7, 11) is 1.71. The quantitative estimate of drug-likeness (QED) is 0.107. The van der Waals surface area contributed by atoms with E-state index in [4.69, 9.17) is 0 Å². The third-order valence-electron chi connectivity index (χ3n) is 8.76. The number of anilines is 3. The molecule has 1 aliphatic heterocycles. The second-order valence-corrected chi connectivity index (χ2v) is 13.7. The van der Waals surface area contributed by atoms with Crippen LogP contribution in [-0.4, -0.2) is 69.9 Å². The first-order valence-corrected chi connectivity index (χ1v) is 17.8. The fraction of sp³-hybridized carbons (Fsp3) is 0.541. The van der Waals surface area contributed by atoms with Crippen molar-refractivity contribution in [1.82, 2.24) is 20.1 Å². The second kappa shape index (κ2) is 19.4. The van der Waals surface area contributed by atoms with E-state index in [2.05, 4.69) is 26.6 Å². The molecule has 5 N–H and O–H groups in total. The summed E-state index contributed by atoms with van der Waals surface area (Å²) in [6.07, 6.45) is 6.02. The smallest absolute Gasteiger partial charge is 0.272 e. The summed E-state index contributed by atoms with van der Waals surface area (Å²) in [6, 6.07) is 7.24. The maximum Gasteiger partial charge on any atom is 0.272 e. The molecule has 7 amide bonds. The van der Waals surface area contributed by atoms with Crippen LogP contribution in [0.15, 0.2) is 36.5 Å². The van der Waals surface area contributed by atoms with Gasteiger partial charge in [0.2, 0.25) is 35.4 Å². The first-order chi connectivity index (χ1) is 24.2. The third kappa shape index (κ3) is 12.4. The number of likely N-dealkylation sites (tertiary alicyclic amines) is 1. The summed E-state index contributed by atoms with van der Waals surface area (Å²) in [4.78, 5) is 89.0. The van der Waals surface area contributed by atoms with Gasteiger partial charge >= 0.3 is 0 Å². The van der Waals surface area contributed by atoms with Gasteiger partial charge in [-0.2, -0.15) is 0 Å². The molecule has 1 aromatic carbocycles. The van der Waals surface area contributed by atoms with Gasteiger partial charge in [-0.1, -0.05) is 47.5 Å².